The topological polar surface area (TPSA) is 35.6 Å². The summed E-state index contributed by atoms with van der Waals surface area (Å²) in [7, 11) is 4.20. The summed E-state index contributed by atoms with van der Waals surface area (Å²) >= 11 is 0. The van der Waals surface area contributed by atoms with Crippen LogP contribution in [0.25, 0.3) is 0 Å². The summed E-state index contributed by atoms with van der Waals surface area (Å²) in [5, 5.41) is 3.39. The summed E-state index contributed by atoms with van der Waals surface area (Å²) in [6, 6.07) is 0.606. The average Bonchev–Trinajstić information content (AvgIpc) is 3.11. The summed E-state index contributed by atoms with van der Waals surface area (Å²) in [4.78, 5) is 16.9. The van der Waals surface area contributed by atoms with Gasteiger partial charge in [-0.05, 0) is 59.5 Å². The van der Waals surface area contributed by atoms with Gasteiger partial charge in [0.15, 0.2) is 0 Å². The zero-order chi connectivity index (χ0) is 14.8. The van der Waals surface area contributed by atoms with E-state index >= 15 is 0 Å². The normalized spacial score (nSPS) is 23.3. The van der Waals surface area contributed by atoms with Gasteiger partial charge in [-0.25, -0.2) is 0 Å². The van der Waals surface area contributed by atoms with Gasteiger partial charge in [-0.1, -0.05) is 0 Å². The van der Waals surface area contributed by atoms with Crippen molar-refractivity contribution in [3.05, 3.63) is 0 Å². The molecule has 1 N–H and O–H groups in total. The third kappa shape index (κ3) is 4.45. The first-order valence-corrected chi connectivity index (χ1v) is 8.10. The van der Waals surface area contributed by atoms with E-state index in [2.05, 4.69) is 43.1 Å². The van der Waals surface area contributed by atoms with Gasteiger partial charge in [0.2, 0.25) is 5.91 Å². The number of nitrogens with one attached hydrogen (secondary N) is 1. The van der Waals surface area contributed by atoms with Crippen LogP contribution < -0.4 is 5.32 Å². The van der Waals surface area contributed by atoms with E-state index in [1.54, 1.807) is 0 Å². The number of rotatable bonds is 6. The molecule has 1 aliphatic carbocycles. The van der Waals surface area contributed by atoms with Gasteiger partial charge in [-0.3, -0.25) is 4.79 Å². The SMILES string of the molecule is CC(C)N1CCC(CN(C)C)(NC(=O)CC2CC2)CC1. The molecule has 0 aromatic rings. The average molecular weight is 281 g/mol. The molecule has 1 saturated carbocycles. The summed E-state index contributed by atoms with van der Waals surface area (Å²) in [6.45, 7) is 7.65. The highest BCUT2D eigenvalue weighted by Crippen LogP contribution is 2.33. The molecule has 0 unspecified atom stereocenters. The molecule has 2 aliphatic rings. The monoisotopic (exact) mass is 281 g/mol. The van der Waals surface area contributed by atoms with Crippen molar-refractivity contribution in [1.82, 2.24) is 15.1 Å². The second kappa shape index (κ2) is 6.44. The lowest BCUT2D eigenvalue weighted by Crippen LogP contribution is -2.60. The van der Waals surface area contributed by atoms with Gasteiger partial charge in [0.25, 0.3) is 0 Å². The van der Waals surface area contributed by atoms with Crippen LogP contribution in [0.1, 0.15) is 46.0 Å². The van der Waals surface area contributed by atoms with Crippen molar-refractivity contribution < 1.29 is 4.79 Å². The molecule has 4 nitrogen and oxygen atoms in total. The molecule has 2 rings (SSSR count). The van der Waals surface area contributed by atoms with Gasteiger partial charge >= 0.3 is 0 Å². The highest BCUT2D eigenvalue weighted by molar-refractivity contribution is 5.77. The molecule has 4 heteroatoms. The molecule has 0 bridgehead atoms. The van der Waals surface area contributed by atoms with E-state index in [9.17, 15) is 4.79 Å². The molecular formula is C16H31N3O. The number of piperidine rings is 1. The summed E-state index contributed by atoms with van der Waals surface area (Å²) < 4.78 is 0. The van der Waals surface area contributed by atoms with E-state index in [1.165, 1.54) is 12.8 Å². The fourth-order valence-corrected chi connectivity index (χ4v) is 3.33. The van der Waals surface area contributed by atoms with E-state index in [4.69, 9.17) is 0 Å². The lowest BCUT2D eigenvalue weighted by Gasteiger charge is -2.45. The Morgan fingerprint density at radius 2 is 1.90 bits per heavy atom. The minimum Gasteiger partial charge on any atom is -0.349 e. The van der Waals surface area contributed by atoms with Crippen LogP contribution in [0.3, 0.4) is 0 Å². The molecule has 2 fully saturated rings. The first-order valence-electron chi connectivity index (χ1n) is 8.10. The molecular weight excluding hydrogens is 250 g/mol. The number of nitrogens with zero attached hydrogens (tertiary/aromatic N) is 2. The van der Waals surface area contributed by atoms with Crippen molar-refractivity contribution in [2.75, 3.05) is 33.7 Å². The van der Waals surface area contributed by atoms with Gasteiger partial charge in [0.1, 0.15) is 0 Å². The van der Waals surface area contributed by atoms with E-state index in [-0.39, 0.29) is 11.4 Å². The van der Waals surface area contributed by atoms with E-state index in [1.807, 2.05) is 0 Å². The van der Waals surface area contributed by atoms with Crippen molar-refractivity contribution in [2.24, 2.45) is 5.92 Å². The second-order valence-corrected chi connectivity index (χ2v) is 7.34. The van der Waals surface area contributed by atoms with Gasteiger partial charge in [-0.2, -0.15) is 0 Å². The Morgan fingerprint density at radius 3 is 2.35 bits per heavy atom. The predicted molar refractivity (Wildman–Crippen MR) is 82.7 cm³/mol. The van der Waals surface area contributed by atoms with Gasteiger partial charge in [0, 0.05) is 32.1 Å². The number of amides is 1. The molecule has 20 heavy (non-hydrogen) atoms. The van der Waals surface area contributed by atoms with Gasteiger partial charge < -0.3 is 15.1 Å². The summed E-state index contributed by atoms with van der Waals surface area (Å²) in [5.74, 6) is 0.939. The molecule has 0 aromatic carbocycles. The van der Waals surface area contributed by atoms with E-state index in [0.29, 0.717) is 12.0 Å². The minimum atomic E-state index is -0.0130. The zero-order valence-corrected chi connectivity index (χ0v) is 13.6. The highest BCUT2D eigenvalue weighted by atomic mass is 16.1. The third-order valence-electron chi connectivity index (χ3n) is 4.68. The number of hydrogen-bond donors (Lipinski definition) is 1. The van der Waals surface area contributed by atoms with E-state index < -0.39 is 0 Å². The lowest BCUT2D eigenvalue weighted by atomic mass is 9.86. The first kappa shape index (κ1) is 15.8. The Balaban J connectivity index is 1.93. The zero-order valence-electron chi connectivity index (χ0n) is 13.6. The molecule has 0 spiro atoms. The largest absolute Gasteiger partial charge is 0.349 e. The number of carbonyl (C=O) groups is 1. The second-order valence-electron chi connectivity index (χ2n) is 7.34. The van der Waals surface area contributed by atoms with Crippen LogP contribution in [-0.2, 0) is 4.79 Å². The maximum Gasteiger partial charge on any atom is 0.220 e. The van der Waals surface area contributed by atoms with Crippen molar-refractivity contribution in [3.63, 3.8) is 0 Å². The quantitative estimate of drug-likeness (QED) is 0.805. The van der Waals surface area contributed by atoms with Crippen LogP contribution in [-0.4, -0.2) is 61.0 Å². The third-order valence-corrected chi connectivity index (χ3v) is 4.68. The van der Waals surface area contributed by atoms with Crippen LogP contribution in [0, 0.1) is 5.92 Å². The van der Waals surface area contributed by atoms with Crippen LogP contribution in [0.5, 0.6) is 0 Å². The fraction of sp³-hybridized carbons (Fsp3) is 0.938. The van der Waals surface area contributed by atoms with Crippen LogP contribution in [0.4, 0.5) is 0 Å². The van der Waals surface area contributed by atoms with E-state index in [0.717, 1.165) is 38.9 Å². The van der Waals surface area contributed by atoms with Crippen molar-refractivity contribution >= 4 is 5.91 Å². The molecule has 116 valence electrons. The molecule has 1 aliphatic heterocycles. The Bertz CT molecular complexity index is 329. The van der Waals surface area contributed by atoms with Gasteiger partial charge in [0.05, 0.1) is 5.54 Å². The Labute approximate surface area is 123 Å². The van der Waals surface area contributed by atoms with Crippen LogP contribution >= 0.6 is 0 Å². The lowest BCUT2D eigenvalue weighted by molar-refractivity contribution is -0.124. The Hall–Kier alpha value is -0.610. The van der Waals surface area contributed by atoms with Crippen LogP contribution in [0.15, 0.2) is 0 Å². The minimum absolute atomic E-state index is 0.0130. The standard InChI is InChI=1S/C16H31N3O/c1-13(2)19-9-7-16(8-10-19,12-18(3)4)17-15(20)11-14-5-6-14/h13-14H,5-12H2,1-4H3,(H,17,20). The number of likely N-dealkylation sites (N-methyl/N-ethyl adjacent to an activating group) is 1. The smallest absolute Gasteiger partial charge is 0.220 e. The maximum absolute atomic E-state index is 12.2. The Kier molecular flexibility index (Phi) is 5.08. The van der Waals surface area contributed by atoms with Crippen molar-refractivity contribution in [3.8, 4) is 0 Å². The Morgan fingerprint density at radius 1 is 1.30 bits per heavy atom. The number of carbonyl (C=O) groups excluding carboxylic acids is 1. The fourth-order valence-electron chi connectivity index (χ4n) is 3.33. The first-order chi connectivity index (χ1) is 9.40. The maximum atomic E-state index is 12.2. The molecule has 0 aromatic heterocycles. The highest BCUT2D eigenvalue weighted by Gasteiger charge is 2.37. The summed E-state index contributed by atoms with van der Waals surface area (Å²) in [6.07, 6.45) is 5.37. The van der Waals surface area contributed by atoms with Gasteiger partial charge in [-0.15, -0.1) is 0 Å². The number of hydrogen-bond acceptors (Lipinski definition) is 3. The summed E-state index contributed by atoms with van der Waals surface area (Å²) in [5.41, 5.74) is -0.0130. The predicted octanol–water partition coefficient (Wildman–Crippen LogP) is 1.71. The van der Waals surface area contributed by atoms with Crippen molar-refractivity contribution in [1.29, 1.82) is 0 Å². The van der Waals surface area contributed by atoms with Crippen LogP contribution in [0.2, 0.25) is 0 Å². The molecule has 0 radical (unpaired) electrons. The molecule has 1 heterocycles. The molecule has 0 atom stereocenters. The van der Waals surface area contributed by atoms with Crippen molar-refractivity contribution in [2.45, 2.75) is 57.5 Å². The molecule has 1 amide bonds. The molecule has 1 saturated heterocycles. The number of likely N-dealkylation sites (tertiary alicyclic amines) is 1.